The molecule has 0 saturated carbocycles. The Morgan fingerprint density at radius 3 is 0.757 bits per heavy atom. The van der Waals surface area contributed by atoms with E-state index in [4.69, 9.17) is 10.2 Å². The number of rotatable bonds is 29. The highest BCUT2D eigenvalue weighted by atomic mass is 16.3. The Balaban J connectivity index is 0. The number of hydrogen-bond acceptors (Lipinski definition) is 3. The lowest BCUT2D eigenvalue weighted by Crippen LogP contribution is -2.32. The monoisotopic (exact) mass is 528 g/mol. The van der Waals surface area contributed by atoms with Gasteiger partial charge in [-0.15, -0.1) is 0 Å². The molecule has 3 nitrogen and oxygen atoms in total. The van der Waals surface area contributed by atoms with Crippen molar-refractivity contribution < 1.29 is 10.2 Å². The van der Waals surface area contributed by atoms with E-state index in [1.54, 1.807) is 6.92 Å². The predicted molar refractivity (Wildman–Crippen MR) is 167 cm³/mol. The molecule has 0 aliphatic heterocycles. The molecule has 0 amide bonds. The van der Waals surface area contributed by atoms with Crippen molar-refractivity contribution >= 4 is 0 Å². The van der Waals surface area contributed by atoms with Crippen molar-refractivity contribution in [2.75, 3.05) is 19.7 Å². The van der Waals surface area contributed by atoms with Crippen molar-refractivity contribution in [3.05, 3.63) is 0 Å². The smallest absolute Gasteiger partial charge is 0.104 e. The summed E-state index contributed by atoms with van der Waals surface area (Å²) in [6, 6.07) is 0. The van der Waals surface area contributed by atoms with E-state index < -0.39 is 0 Å². The van der Waals surface area contributed by atoms with Crippen LogP contribution in [0.5, 0.6) is 0 Å². The molecule has 0 aliphatic carbocycles. The number of nitrogens with zero attached hydrogens (tertiary/aromatic N) is 1. The SMILES string of the molecule is CCCCCCCCCCCCCCCCCCCCCCCCCCCCO.CCN(CC)C(C)O. The van der Waals surface area contributed by atoms with Gasteiger partial charge in [-0.05, 0) is 26.4 Å². The molecule has 37 heavy (non-hydrogen) atoms. The van der Waals surface area contributed by atoms with Gasteiger partial charge in [0.15, 0.2) is 0 Å². The Hall–Kier alpha value is -0.120. The fourth-order valence-electron chi connectivity index (χ4n) is 5.18. The zero-order chi connectivity index (χ0) is 27.7. The van der Waals surface area contributed by atoms with Gasteiger partial charge in [-0.25, -0.2) is 0 Å². The maximum absolute atomic E-state index is 8.94. The van der Waals surface area contributed by atoms with Crippen molar-refractivity contribution in [1.29, 1.82) is 0 Å². The van der Waals surface area contributed by atoms with E-state index in [-0.39, 0.29) is 6.23 Å². The Morgan fingerprint density at radius 1 is 0.405 bits per heavy atom. The highest BCUT2D eigenvalue weighted by molar-refractivity contribution is 4.52. The zero-order valence-electron chi connectivity index (χ0n) is 26.4. The minimum absolute atomic E-state index is 0.287. The number of aliphatic hydroxyl groups is 2. The first-order valence-electron chi connectivity index (χ1n) is 17.2. The summed E-state index contributed by atoms with van der Waals surface area (Å²) in [5.74, 6) is 0. The molecule has 0 heterocycles. The van der Waals surface area contributed by atoms with Gasteiger partial charge >= 0.3 is 0 Å². The largest absolute Gasteiger partial charge is 0.396 e. The summed E-state index contributed by atoms with van der Waals surface area (Å²) in [5, 5.41) is 17.7. The summed E-state index contributed by atoms with van der Waals surface area (Å²) in [6.45, 7) is 10.4. The normalized spacial score (nSPS) is 12.1. The van der Waals surface area contributed by atoms with Crippen LogP contribution in [0.15, 0.2) is 0 Å². The van der Waals surface area contributed by atoms with Crippen molar-refractivity contribution in [2.45, 2.75) is 201 Å². The molecule has 0 aromatic rings. The van der Waals surface area contributed by atoms with E-state index in [1.807, 2.05) is 18.7 Å². The molecule has 3 heteroatoms. The van der Waals surface area contributed by atoms with Crippen molar-refractivity contribution in [3.63, 3.8) is 0 Å². The molecular weight excluding hydrogens is 454 g/mol. The Labute approximate surface area is 235 Å². The average Bonchev–Trinajstić information content (AvgIpc) is 2.89. The van der Waals surface area contributed by atoms with Crippen molar-refractivity contribution in [1.82, 2.24) is 4.90 Å². The maximum Gasteiger partial charge on any atom is 0.104 e. The second kappa shape index (κ2) is 35.9. The second-order valence-electron chi connectivity index (χ2n) is 11.4. The van der Waals surface area contributed by atoms with Crippen LogP contribution < -0.4 is 0 Å². The zero-order valence-corrected chi connectivity index (χ0v) is 26.4. The van der Waals surface area contributed by atoms with Crippen LogP contribution in [0.25, 0.3) is 0 Å². The van der Waals surface area contributed by atoms with Crippen LogP contribution in [-0.2, 0) is 0 Å². The van der Waals surface area contributed by atoms with Gasteiger partial charge in [-0.1, -0.05) is 181 Å². The molecule has 0 saturated heterocycles. The van der Waals surface area contributed by atoms with E-state index in [9.17, 15) is 0 Å². The van der Waals surface area contributed by atoms with Gasteiger partial charge in [0.1, 0.15) is 6.23 Å². The standard InChI is InChI=1S/C28H58O.C6H15NO/c1-2-3-4-5-6-7-8-9-10-11-12-13-14-15-16-17-18-19-20-21-22-23-24-25-26-27-28-29;1-4-7(5-2)6(3)8/h29H,2-28H2,1H3;6,8H,4-5H2,1-3H3. The molecule has 0 aromatic carbocycles. The highest BCUT2D eigenvalue weighted by Crippen LogP contribution is 2.15. The number of hydrogen-bond donors (Lipinski definition) is 2. The molecular formula is C34H73NO2. The van der Waals surface area contributed by atoms with Crippen molar-refractivity contribution in [2.24, 2.45) is 0 Å². The minimum Gasteiger partial charge on any atom is -0.396 e. The molecule has 1 unspecified atom stereocenters. The molecule has 0 aliphatic rings. The van der Waals surface area contributed by atoms with Crippen molar-refractivity contribution in [3.8, 4) is 0 Å². The molecule has 0 spiro atoms. The van der Waals surface area contributed by atoms with Crippen LogP contribution in [0, 0.1) is 0 Å². The Morgan fingerprint density at radius 2 is 0.622 bits per heavy atom. The lowest BCUT2D eigenvalue weighted by atomic mass is 10.0. The molecule has 2 N–H and O–H groups in total. The second-order valence-corrected chi connectivity index (χ2v) is 11.4. The van der Waals surface area contributed by atoms with Gasteiger partial charge in [0.05, 0.1) is 0 Å². The summed E-state index contributed by atoms with van der Waals surface area (Å²) < 4.78 is 0. The summed E-state index contributed by atoms with van der Waals surface area (Å²) in [4.78, 5) is 1.97. The van der Waals surface area contributed by atoms with E-state index in [0.29, 0.717) is 6.61 Å². The first kappa shape index (κ1) is 39.0. The molecule has 0 fully saturated rings. The lowest BCUT2D eigenvalue weighted by molar-refractivity contribution is 0.0265. The Kier molecular flexibility index (Phi) is 37.8. The highest BCUT2D eigenvalue weighted by Gasteiger charge is 2.02. The summed E-state index contributed by atoms with van der Waals surface area (Å²) in [6.07, 6.45) is 36.8. The fraction of sp³-hybridized carbons (Fsp3) is 1.00. The van der Waals surface area contributed by atoms with E-state index >= 15 is 0 Å². The third-order valence-corrected chi connectivity index (χ3v) is 7.85. The van der Waals surface area contributed by atoms with E-state index in [2.05, 4.69) is 6.92 Å². The van der Waals surface area contributed by atoms with Crippen LogP contribution in [0.4, 0.5) is 0 Å². The molecule has 0 aromatic heterocycles. The van der Waals surface area contributed by atoms with Gasteiger partial charge in [-0.3, -0.25) is 4.90 Å². The first-order valence-corrected chi connectivity index (χ1v) is 17.2. The third kappa shape index (κ3) is 35.9. The van der Waals surface area contributed by atoms with Crippen LogP contribution in [0.2, 0.25) is 0 Å². The average molecular weight is 528 g/mol. The van der Waals surface area contributed by atoms with Gasteiger partial charge in [0.2, 0.25) is 0 Å². The van der Waals surface area contributed by atoms with Gasteiger partial charge in [0, 0.05) is 6.61 Å². The molecule has 0 rings (SSSR count). The Bertz CT molecular complexity index is 345. The molecule has 0 radical (unpaired) electrons. The molecule has 226 valence electrons. The van der Waals surface area contributed by atoms with E-state index in [1.165, 1.54) is 161 Å². The number of unbranched alkanes of at least 4 members (excludes halogenated alkanes) is 25. The maximum atomic E-state index is 8.94. The number of aliphatic hydroxyl groups excluding tert-OH is 2. The topological polar surface area (TPSA) is 43.7 Å². The van der Waals surface area contributed by atoms with Crippen LogP contribution in [0.3, 0.4) is 0 Å². The third-order valence-electron chi connectivity index (χ3n) is 7.85. The van der Waals surface area contributed by atoms with Gasteiger partial charge in [0.25, 0.3) is 0 Å². The predicted octanol–water partition coefficient (Wildman–Crippen LogP) is 10.8. The summed E-state index contributed by atoms with van der Waals surface area (Å²) in [7, 11) is 0. The quantitative estimate of drug-likeness (QED) is 0.0750. The molecule has 1 atom stereocenters. The van der Waals surface area contributed by atoms with Crippen LogP contribution in [-0.4, -0.2) is 41.0 Å². The van der Waals surface area contributed by atoms with E-state index in [0.717, 1.165) is 19.5 Å². The summed E-state index contributed by atoms with van der Waals surface area (Å²) in [5.41, 5.74) is 0. The van der Waals surface area contributed by atoms with Gasteiger partial charge < -0.3 is 10.2 Å². The molecule has 0 bridgehead atoms. The lowest BCUT2D eigenvalue weighted by Gasteiger charge is -2.20. The van der Waals surface area contributed by atoms with Crippen LogP contribution in [0.1, 0.15) is 195 Å². The first-order chi connectivity index (χ1) is 18.1. The summed E-state index contributed by atoms with van der Waals surface area (Å²) >= 11 is 0. The van der Waals surface area contributed by atoms with Gasteiger partial charge in [-0.2, -0.15) is 0 Å². The fourth-order valence-corrected chi connectivity index (χ4v) is 5.18. The van der Waals surface area contributed by atoms with Crippen LogP contribution >= 0.6 is 0 Å². The minimum atomic E-state index is -0.287.